The van der Waals surface area contributed by atoms with E-state index >= 15 is 0 Å². The van der Waals surface area contributed by atoms with Crippen molar-refractivity contribution in [1.82, 2.24) is 5.32 Å². The fourth-order valence-corrected chi connectivity index (χ4v) is 2.66. The maximum atomic E-state index is 10.1. The zero-order valence-electron chi connectivity index (χ0n) is 12.5. The molecular formula is C17H27NO2. The summed E-state index contributed by atoms with van der Waals surface area (Å²) in [7, 11) is 0. The van der Waals surface area contributed by atoms with Crippen molar-refractivity contribution in [2.45, 2.75) is 64.2 Å². The van der Waals surface area contributed by atoms with Gasteiger partial charge in [-0.15, -0.1) is 0 Å². The van der Waals surface area contributed by atoms with Crippen LogP contribution in [0.5, 0.6) is 5.75 Å². The lowest BCUT2D eigenvalue weighted by Crippen LogP contribution is -2.30. The van der Waals surface area contributed by atoms with E-state index < -0.39 is 0 Å². The Kier molecular flexibility index (Phi) is 6.34. The largest absolute Gasteiger partial charge is 0.488 e. The first-order valence-corrected chi connectivity index (χ1v) is 7.94. The second-order valence-electron chi connectivity index (χ2n) is 5.68. The van der Waals surface area contributed by atoms with Crippen LogP contribution >= 0.6 is 0 Å². The molecule has 0 radical (unpaired) electrons. The van der Waals surface area contributed by atoms with E-state index in [9.17, 15) is 5.11 Å². The van der Waals surface area contributed by atoms with Crippen molar-refractivity contribution in [2.24, 2.45) is 0 Å². The predicted molar refractivity (Wildman–Crippen MR) is 81.9 cm³/mol. The van der Waals surface area contributed by atoms with Crippen LogP contribution in [-0.2, 0) is 6.54 Å². The molecule has 0 spiro atoms. The van der Waals surface area contributed by atoms with Gasteiger partial charge >= 0.3 is 0 Å². The minimum Gasteiger partial charge on any atom is -0.488 e. The van der Waals surface area contributed by atoms with Gasteiger partial charge < -0.3 is 15.2 Å². The van der Waals surface area contributed by atoms with Crippen molar-refractivity contribution < 1.29 is 9.84 Å². The van der Waals surface area contributed by atoms with Gasteiger partial charge in [-0.05, 0) is 49.9 Å². The molecule has 0 bridgehead atoms. The second kappa shape index (κ2) is 8.28. The Bertz CT molecular complexity index is 377. The van der Waals surface area contributed by atoms with Gasteiger partial charge in [0.1, 0.15) is 11.9 Å². The Hall–Kier alpha value is -1.06. The molecule has 2 N–H and O–H groups in total. The van der Waals surface area contributed by atoms with Crippen LogP contribution in [-0.4, -0.2) is 23.9 Å². The van der Waals surface area contributed by atoms with Gasteiger partial charge in [0.15, 0.2) is 0 Å². The van der Waals surface area contributed by atoms with Crippen molar-refractivity contribution in [1.29, 1.82) is 0 Å². The quantitative estimate of drug-likeness (QED) is 0.619. The normalized spacial score (nSPS) is 23.3. The Morgan fingerprint density at radius 1 is 1.15 bits per heavy atom. The van der Waals surface area contributed by atoms with E-state index in [1.54, 1.807) is 0 Å². The second-order valence-corrected chi connectivity index (χ2v) is 5.68. The van der Waals surface area contributed by atoms with E-state index in [0.717, 1.165) is 50.9 Å². The van der Waals surface area contributed by atoms with Crippen molar-refractivity contribution in [3.63, 3.8) is 0 Å². The Labute approximate surface area is 122 Å². The molecule has 2 rings (SSSR count). The molecule has 1 aliphatic carbocycles. The number of rotatable bonds is 6. The van der Waals surface area contributed by atoms with Crippen LogP contribution in [0.4, 0.5) is 0 Å². The van der Waals surface area contributed by atoms with Gasteiger partial charge in [-0.2, -0.15) is 0 Å². The Balaban J connectivity index is 1.86. The number of nitrogens with one attached hydrogen (secondary N) is 1. The Morgan fingerprint density at radius 2 is 1.90 bits per heavy atom. The molecule has 2 unspecified atom stereocenters. The maximum Gasteiger partial charge on any atom is 0.124 e. The fourth-order valence-electron chi connectivity index (χ4n) is 2.66. The first-order valence-electron chi connectivity index (χ1n) is 7.94. The number of hydrogen-bond acceptors (Lipinski definition) is 3. The maximum absolute atomic E-state index is 10.1. The zero-order chi connectivity index (χ0) is 14.2. The van der Waals surface area contributed by atoms with E-state index in [0.29, 0.717) is 0 Å². The average Bonchev–Trinajstić information content (AvgIpc) is 2.66. The van der Waals surface area contributed by atoms with Crippen LogP contribution in [0.1, 0.15) is 51.0 Å². The smallest absolute Gasteiger partial charge is 0.124 e. The predicted octanol–water partition coefficient (Wildman–Crippen LogP) is 3.26. The molecule has 1 aromatic rings. The number of aliphatic hydroxyl groups is 1. The molecule has 0 aliphatic heterocycles. The molecule has 3 heteroatoms. The van der Waals surface area contributed by atoms with Crippen LogP contribution in [0.2, 0.25) is 0 Å². The average molecular weight is 277 g/mol. The SMILES string of the molecule is CCCNCc1ccc(OC2CCCCCC2O)cc1. The molecule has 20 heavy (non-hydrogen) atoms. The number of hydrogen-bond donors (Lipinski definition) is 2. The lowest BCUT2D eigenvalue weighted by Gasteiger charge is -2.22. The van der Waals surface area contributed by atoms with Crippen molar-refractivity contribution in [3.8, 4) is 5.75 Å². The standard InChI is InChI=1S/C17H27NO2/c1-2-12-18-13-14-8-10-15(11-9-14)20-17-7-5-3-4-6-16(17)19/h8-11,16-19H,2-7,12-13H2,1H3. The molecule has 1 fully saturated rings. The Morgan fingerprint density at radius 3 is 2.65 bits per heavy atom. The third-order valence-corrected chi connectivity index (χ3v) is 3.88. The van der Waals surface area contributed by atoms with Gasteiger partial charge in [-0.25, -0.2) is 0 Å². The minimum absolute atomic E-state index is 0.0402. The van der Waals surface area contributed by atoms with Gasteiger partial charge in [0, 0.05) is 6.54 Å². The van der Waals surface area contributed by atoms with Gasteiger partial charge in [-0.1, -0.05) is 31.9 Å². The number of ether oxygens (including phenoxy) is 1. The molecule has 1 aromatic carbocycles. The number of aliphatic hydroxyl groups excluding tert-OH is 1. The lowest BCUT2D eigenvalue weighted by molar-refractivity contribution is 0.0320. The third-order valence-electron chi connectivity index (χ3n) is 3.88. The number of benzene rings is 1. The highest BCUT2D eigenvalue weighted by Crippen LogP contribution is 2.23. The van der Waals surface area contributed by atoms with Crippen LogP contribution in [0.15, 0.2) is 24.3 Å². The van der Waals surface area contributed by atoms with Crippen LogP contribution in [0, 0.1) is 0 Å². The summed E-state index contributed by atoms with van der Waals surface area (Å²) >= 11 is 0. The van der Waals surface area contributed by atoms with Crippen LogP contribution in [0.3, 0.4) is 0 Å². The monoisotopic (exact) mass is 277 g/mol. The summed E-state index contributed by atoms with van der Waals surface area (Å²) in [6, 6.07) is 8.23. The highest BCUT2D eigenvalue weighted by atomic mass is 16.5. The van der Waals surface area contributed by atoms with E-state index in [4.69, 9.17) is 4.74 Å². The molecule has 112 valence electrons. The summed E-state index contributed by atoms with van der Waals surface area (Å²) < 4.78 is 5.96. The molecular weight excluding hydrogens is 250 g/mol. The van der Waals surface area contributed by atoms with Crippen molar-refractivity contribution in [2.75, 3.05) is 6.54 Å². The van der Waals surface area contributed by atoms with Gasteiger partial charge in [-0.3, -0.25) is 0 Å². The highest BCUT2D eigenvalue weighted by molar-refractivity contribution is 5.27. The summed E-state index contributed by atoms with van der Waals surface area (Å²) in [6.45, 7) is 4.12. The van der Waals surface area contributed by atoms with Crippen LogP contribution in [0.25, 0.3) is 0 Å². The van der Waals surface area contributed by atoms with Gasteiger partial charge in [0.05, 0.1) is 6.10 Å². The van der Waals surface area contributed by atoms with Crippen LogP contribution < -0.4 is 10.1 Å². The van der Waals surface area contributed by atoms with E-state index in [2.05, 4.69) is 24.4 Å². The topological polar surface area (TPSA) is 41.5 Å². The van der Waals surface area contributed by atoms with E-state index in [1.165, 1.54) is 12.0 Å². The molecule has 0 heterocycles. The fraction of sp³-hybridized carbons (Fsp3) is 0.647. The highest BCUT2D eigenvalue weighted by Gasteiger charge is 2.23. The van der Waals surface area contributed by atoms with E-state index in [-0.39, 0.29) is 12.2 Å². The van der Waals surface area contributed by atoms with Crippen molar-refractivity contribution in [3.05, 3.63) is 29.8 Å². The zero-order valence-corrected chi connectivity index (χ0v) is 12.5. The molecule has 3 nitrogen and oxygen atoms in total. The molecule has 1 aliphatic rings. The summed E-state index contributed by atoms with van der Waals surface area (Å²) in [5.74, 6) is 0.871. The van der Waals surface area contributed by atoms with Gasteiger partial charge in [0.2, 0.25) is 0 Å². The lowest BCUT2D eigenvalue weighted by atomic mass is 10.1. The molecule has 0 saturated heterocycles. The molecule has 0 amide bonds. The summed E-state index contributed by atoms with van der Waals surface area (Å²) in [4.78, 5) is 0. The summed E-state index contributed by atoms with van der Waals surface area (Å²) in [5.41, 5.74) is 1.27. The first kappa shape index (κ1) is 15.3. The first-order chi connectivity index (χ1) is 9.79. The van der Waals surface area contributed by atoms with Crippen molar-refractivity contribution >= 4 is 0 Å². The minimum atomic E-state index is -0.316. The third kappa shape index (κ3) is 4.80. The summed E-state index contributed by atoms with van der Waals surface area (Å²) in [6.07, 6.45) is 6.10. The molecule has 0 aromatic heterocycles. The van der Waals surface area contributed by atoms with E-state index in [1.807, 2.05) is 12.1 Å². The molecule has 2 atom stereocenters. The van der Waals surface area contributed by atoms with Gasteiger partial charge in [0.25, 0.3) is 0 Å². The molecule has 1 saturated carbocycles. The summed E-state index contributed by atoms with van der Waals surface area (Å²) in [5, 5.41) is 13.5.